The molecule has 2 saturated heterocycles. The average molecular weight is 484 g/mol. The Labute approximate surface area is 206 Å². The number of ether oxygens (including phenoxy) is 1. The van der Waals surface area contributed by atoms with Crippen molar-refractivity contribution < 1.29 is 14.2 Å². The van der Waals surface area contributed by atoms with Gasteiger partial charge >= 0.3 is 0 Å². The van der Waals surface area contributed by atoms with Crippen LogP contribution in [0.1, 0.15) is 52.0 Å². The number of aliphatic hydroxyl groups excluding tert-OH is 1. The van der Waals surface area contributed by atoms with E-state index in [9.17, 15) is 10.4 Å². The predicted octanol–water partition coefficient (Wildman–Crippen LogP) is 7.02. The molecule has 0 bridgehead atoms. The van der Waals surface area contributed by atoms with Crippen molar-refractivity contribution in [1.82, 2.24) is 4.48 Å². The van der Waals surface area contributed by atoms with E-state index < -0.39 is 0 Å². The minimum Gasteiger partial charge on any atom is -0.507 e. The van der Waals surface area contributed by atoms with Gasteiger partial charge in [0.25, 0.3) is 0 Å². The van der Waals surface area contributed by atoms with E-state index in [1.54, 1.807) is 13.2 Å². The van der Waals surface area contributed by atoms with Gasteiger partial charge in [0.15, 0.2) is 11.4 Å². The van der Waals surface area contributed by atoms with Gasteiger partial charge in [0.05, 0.1) is 18.2 Å². The Morgan fingerprint density at radius 2 is 2.06 bits per heavy atom. The first-order valence-corrected chi connectivity index (χ1v) is 12.6. The van der Waals surface area contributed by atoms with Gasteiger partial charge in [-0.2, -0.15) is 5.26 Å². The molecule has 4 nitrogen and oxygen atoms in total. The number of nitriles is 1. The fraction of sp³-hybridized carbons (Fsp3) is 0.536. The van der Waals surface area contributed by atoms with Gasteiger partial charge in [-0.25, -0.2) is 4.39 Å². The molecule has 3 fully saturated rings. The maximum absolute atomic E-state index is 15.3. The Bertz CT molecular complexity index is 1150. The number of hydrogen-bond acceptors (Lipinski definition) is 3. The Balaban J connectivity index is 1.60. The minimum atomic E-state index is -0.369. The molecule has 0 aromatic heterocycles. The molecule has 1 N–H and O–H groups in total. The fourth-order valence-electron chi connectivity index (χ4n) is 6.60. The molecule has 1 saturated carbocycles. The highest BCUT2D eigenvalue weighted by atomic mass is 35.5. The van der Waals surface area contributed by atoms with Crippen molar-refractivity contribution in [1.29, 1.82) is 5.26 Å². The molecule has 5 unspecified atom stereocenters. The first-order valence-electron chi connectivity index (χ1n) is 12.2. The van der Waals surface area contributed by atoms with E-state index in [1.807, 2.05) is 18.2 Å². The fourth-order valence-corrected chi connectivity index (χ4v) is 6.82. The van der Waals surface area contributed by atoms with Crippen LogP contribution in [-0.2, 0) is 0 Å². The van der Waals surface area contributed by atoms with E-state index in [2.05, 4.69) is 32.9 Å². The van der Waals surface area contributed by atoms with Crippen molar-refractivity contribution >= 4 is 23.0 Å². The lowest BCUT2D eigenvalue weighted by Crippen LogP contribution is -2.43. The summed E-state index contributed by atoms with van der Waals surface area (Å²) in [5, 5.41) is 21.1. The largest absolute Gasteiger partial charge is 0.507 e. The van der Waals surface area contributed by atoms with Crippen LogP contribution in [0, 0.1) is 34.5 Å². The summed E-state index contributed by atoms with van der Waals surface area (Å²) in [6.07, 6.45) is 6.86. The zero-order chi connectivity index (χ0) is 24.4. The lowest BCUT2D eigenvalue weighted by Gasteiger charge is -2.33. The molecule has 6 atom stereocenters. The van der Waals surface area contributed by atoms with Crippen LogP contribution in [0.4, 0.5) is 10.1 Å². The normalized spacial score (nSPS) is 34.0. The van der Waals surface area contributed by atoms with Crippen LogP contribution in [0.3, 0.4) is 0 Å². The van der Waals surface area contributed by atoms with E-state index in [0.29, 0.717) is 16.7 Å². The van der Waals surface area contributed by atoms with Gasteiger partial charge in [0.1, 0.15) is 36.1 Å². The summed E-state index contributed by atoms with van der Waals surface area (Å²) in [5.41, 5.74) is 2.88. The first-order chi connectivity index (χ1) is 16.1. The number of nitrogens with zero attached hydrogens (tertiary/aromatic N) is 2. The number of benzene rings is 1. The standard InChI is InChI=1S/C28H32ClFN2O2/c1-28(2,3)13-22-19(14-31)25(18-6-5-7-20(29)26(18)30)23-15-32(22,23)21-11-10-17(12-24(21)34-4)27(33)16-8-9-16/h5,7,10-12,18-19,22-23,25H,6,8-9,13,15H2,1-4H3/p+1/t18?,19?,22?,23-,25?,32?/m0/s1. The number of quaternary nitrogens is 1. The number of methoxy groups -OCH3 is 1. The predicted molar refractivity (Wildman–Crippen MR) is 134 cm³/mol. The van der Waals surface area contributed by atoms with Crippen LogP contribution < -0.4 is 9.22 Å². The highest BCUT2D eigenvalue weighted by Crippen LogP contribution is 2.63. The quantitative estimate of drug-likeness (QED) is 0.278. The van der Waals surface area contributed by atoms with Gasteiger partial charge in [0.2, 0.25) is 0 Å². The third kappa shape index (κ3) is 3.67. The number of rotatable bonds is 5. The molecule has 2 aliphatic carbocycles. The summed E-state index contributed by atoms with van der Waals surface area (Å²) in [7, 11) is 1.66. The van der Waals surface area contributed by atoms with E-state index in [4.69, 9.17) is 16.3 Å². The van der Waals surface area contributed by atoms with Crippen molar-refractivity contribution in [3.63, 3.8) is 0 Å². The number of piperidine rings is 1. The zero-order valence-electron chi connectivity index (χ0n) is 20.3. The molecular formula is C28H33ClFN2O2+. The number of hydrogen-bond donors (Lipinski definition) is 1. The number of allylic oxidation sites excluding steroid dienone is 5. The van der Waals surface area contributed by atoms with Crippen molar-refractivity contribution in [2.24, 2.45) is 23.2 Å². The Hall–Kier alpha value is -2.29. The second-order valence-electron chi connectivity index (χ2n) is 11.5. The second-order valence-corrected chi connectivity index (χ2v) is 11.9. The number of halogens is 2. The molecule has 1 aromatic carbocycles. The Morgan fingerprint density at radius 3 is 2.68 bits per heavy atom. The molecule has 6 heteroatoms. The van der Waals surface area contributed by atoms with Gasteiger partial charge < -0.3 is 9.84 Å². The van der Waals surface area contributed by atoms with Crippen LogP contribution in [0.15, 0.2) is 46.8 Å². The summed E-state index contributed by atoms with van der Waals surface area (Å²) in [6.45, 7) is 7.46. The van der Waals surface area contributed by atoms with Gasteiger partial charge in [-0.15, -0.1) is 0 Å². The Morgan fingerprint density at radius 1 is 1.32 bits per heavy atom. The molecule has 0 radical (unpaired) electrons. The van der Waals surface area contributed by atoms with Crippen LogP contribution in [0.2, 0.25) is 0 Å². The zero-order valence-corrected chi connectivity index (χ0v) is 21.1. The van der Waals surface area contributed by atoms with Crippen molar-refractivity contribution in [3.05, 3.63) is 52.3 Å². The molecule has 5 rings (SSSR count). The van der Waals surface area contributed by atoms with Gasteiger partial charge in [0, 0.05) is 29.9 Å². The van der Waals surface area contributed by atoms with E-state index in [1.165, 1.54) is 0 Å². The van der Waals surface area contributed by atoms with Gasteiger partial charge in [-0.3, -0.25) is 4.48 Å². The van der Waals surface area contributed by atoms with Gasteiger partial charge in [-0.05, 0) is 48.5 Å². The molecular weight excluding hydrogens is 451 g/mol. The molecule has 4 aliphatic rings. The molecule has 0 spiro atoms. The Kier molecular flexibility index (Phi) is 5.61. The monoisotopic (exact) mass is 483 g/mol. The molecule has 2 aliphatic heterocycles. The van der Waals surface area contributed by atoms with E-state index >= 15 is 4.39 Å². The van der Waals surface area contributed by atoms with Crippen molar-refractivity contribution in [3.8, 4) is 11.8 Å². The first kappa shape index (κ1) is 23.5. The number of aliphatic hydroxyl groups is 1. The van der Waals surface area contributed by atoms with Crippen LogP contribution in [-0.4, -0.2) is 30.8 Å². The van der Waals surface area contributed by atoms with E-state index in [-0.39, 0.29) is 46.1 Å². The maximum Gasteiger partial charge on any atom is 0.180 e. The molecule has 1 aromatic rings. The summed E-state index contributed by atoms with van der Waals surface area (Å²) < 4.78 is 21.8. The highest BCUT2D eigenvalue weighted by Gasteiger charge is 2.76. The summed E-state index contributed by atoms with van der Waals surface area (Å²) in [5.74, 6) is 0.0359. The molecule has 0 amide bonds. The summed E-state index contributed by atoms with van der Waals surface area (Å²) in [4.78, 5) is 0. The lowest BCUT2D eigenvalue weighted by atomic mass is 9.72. The van der Waals surface area contributed by atoms with Crippen LogP contribution >= 0.6 is 11.6 Å². The molecule has 34 heavy (non-hydrogen) atoms. The van der Waals surface area contributed by atoms with Crippen LogP contribution in [0.25, 0.3) is 5.76 Å². The molecule has 180 valence electrons. The minimum absolute atomic E-state index is 0.00732. The smallest absolute Gasteiger partial charge is 0.180 e. The third-order valence-electron chi connectivity index (χ3n) is 8.19. The lowest BCUT2D eigenvalue weighted by molar-refractivity contribution is 0.217. The second kappa shape index (κ2) is 8.14. The van der Waals surface area contributed by atoms with Gasteiger partial charge in [-0.1, -0.05) is 38.4 Å². The summed E-state index contributed by atoms with van der Waals surface area (Å²) >= 11 is 6.19. The third-order valence-corrected chi connectivity index (χ3v) is 8.50. The van der Waals surface area contributed by atoms with Crippen LogP contribution in [0.5, 0.6) is 5.75 Å². The topological polar surface area (TPSA) is 53.2 Å². The van der Waals surface area contributed by atoms with Crippen molar-refractivity contribution in [2.75, 3.05) is 13.7 Å². The molecule has 2 heterocycles. The summed E-state index contributed by atoms with van der Waals surface area (Å²) in [6, 6.07) is 8.71. The van der Waals surface area contributed by atoms with E-state index in [0.717, 1.165) is 48.4 Å². The SMILES string of the molecule is COc1cc(C(O)=C2CC2)ccc1[N+]12C[C@H]1C(C1CC=CC(Cl)=C1F)C(C#N)C2CC(C)(C)C. The average Bonchev–Trinajstić information content (AvgIpc) is 3.71. The van der Waals surface area contributed by atoms with Crippen molar-refractivity contribution in [2.45, 2.75) is 58.5 Å². The highest BCUT2D eigenvalue weighted by molar-refractivity contribution is 6.31. The number of fused-ring (bicyclic) bond motifs is 1. The maximum atomic E-state index is 15.3.